The van der Waals surface area contributed by atoms with Gasteiger partial charge in [-0.3, -0.25) is 9.59 Å². The van der Waals surface area contributed by atoms with E-state index in [0.717, 1.165) is 52.4 Å². The summed E-state index contributed by atoms with van der Waals surface area (Å²) in [6.45, 7) is 7.91. The lowest BCUT2D eigenvalue weighted by atomic mass is 10.0. The Bertz CT molecular complexity index is 2000. The molecule has 0 bridgehead atoms. The van der Waals surface area contributed by atoms with Crippen LogP contribution >= 0.6 is 0 Å². The maximum Gasteiger partial charge on any atom is 0.490 e. The number of halogens is 12. The van der Waals surface area contributed by atoms with E-state index in [-0.39, 0.29) is 12.9 Å². The van der Waals surface area contributed by atoms with Crippen molar-refractivity contribution in [1.82, 2.24) is 21.3 Å². The smallest absolute Gasteiger partial charge is 0.483 e. The van der Waals surface area contributed by atoms with Crippen LogP contribution in [0.2, 0.25) is 0 Å². The summed E-state index contributed by atoms with van der Waals surface area (Å²) in [4.78, 5) is 34.5. The van der Waals surface area contributed by atoms with Crippen LogP contribution in [-0.4, -0.2) is 109 Å². The van der Waals surface area contributed by atoms with Crippen molar-refractivity contribution in [3.05, 3.63) is 94.0 Å². The number of carboxylic acids is 2. The lowest BCUT2D eigenvalue weighted by Crippen LogP contribution is -2.30. The Kier molecular flexibility index (Phi) is 25.8. The maximum absolute atomic E-state index is 10.6. The minimum atomic E-state index is -6.06. The number of carbonyl (C=O) groups is 4. The molecule has 0 amide bonds. The van der Waals surface area contributed by atoms with E-state index in [2.05, 4.69) is 81.9 Å². The molecule has 0 fully saturated rings. The standard InChI is InChI=1S/C35H44N4.C2F6.2C2HF3O2.2CH2O2/c1-6-28-10-12-32-22-26(20-30(8-1)34(28)32)24-38-18-4-16-36-14-3-15-37-17-5-19-39-25-27-21-31-9-2-7-29-11-13-33(23-27)35(29)31;3-1(4,5)2(6,7)8;2*3-2(4,5)1(6)7;2*2-1-3/h1-2,6-9,20-23,36-39H,3-5,10-19,24-25H2;;2*(H,6,7);2*1H,(H,2,3). The highest BCUT2D eigenvalue weighted by Crippen LogP contribution is 2.36. The third-order valence-electron chi connectivity index (χ3n) is 9.32. The van der Waals surface area contributed by atoms with E-state index in [1.165, 1.54) is 88.7 Å². The van der Waals surface area contributed by atoms with Gasteiger partial charge in [-0.05, 0) is 151 Å². The molecule has 0 unspecified atom stereocenters. The first-order valence-corrected chi connectivity index (χ1v) is 20.1. The van der Waals surface area contributed by atoms with Gasteiger partial charge in [0.15, 0.2) is 0 Å². The predicted octanol–water partition coefficient (Wildman–Crippen LogP) is 8.20. The molecule has 6 rings (SSSR count). The van der Waals surface area contributed by atoms with Crippen LogP contribution in [0.25, 0.3) is 21.5 Å². The normalized spacial score (nSPS) is 12.4. The second-order valence-electron chi connectivity index (χ2n) is 14.3. The van der Waals surface area contributed by atoms with Gasteiger partial charge in [0, 0.05) is 13.1 Å². The number of rotatable bonds is 16. The molecule has 0 saturated heterocycles. The predicted molar refractivity (Wildman–Crippen MR) is 223 cm³/mol. The van der Waals surface area contributed by atoms with Crippen molar-refractivity contribution >= 4 is 46.4 Å². The zero-order chi connectivity index (χ0) is 50.8. The van der Waals surface area contributed by atoms with Gasteiger partial charge in [0.2, 0.25) is 0 Å². The lowest BCUT2D eigenvalue weighted by molar-refractivity contribution is -0.339. The number of aryl methyl sites for hydroxylation is 4. The van der Waals surface area contributed by atoms with Gasteiger partial charge in [-0.25, -0.2) is 9.59 Å². The van der Waals surface area contributed by atoms with Gasteiger partial charge in [0.05, 0.1) is 0 Å². The van der Waals surface area contributed by atoms with E-state index >= 15 is 0 Å². The molecule has 4 aromatic rings. The summed E-state index contributed by atoms with van der Waals surface area (Å²) in [5.41, 5.74) is 8.98. The molecule has 2 aliphatic carbocycles. The molecule has 0 heterocycles. The summed E-state index contributed by atoms with van der Waals surface area (Å²) in [6, 6.07) is 23.1. The van der Waals surface area contributed by atoms with Crippen LogP contribution in [0.4, 0.5) is 52.7 Å². The van der Waals surface area contributed by atoms with E-state index < -0.39 is 36.6 Å². The number of benzene rings is 4. The summed E-state index contributed by atoms with van der Waals surface area (Å²) in [6.07, 6.45) is -14.0. The second kappa shape index (κ2) is 29.1. The topological polar surface area (TPSA) is 197 Å². The van der Waals surface area contributed by atoms with Crippen LogP contribution in [-0.2, 0) is 58.0 Å². The van der Waals surface area contributed by atoms with E-state index in [1.807, 2.05) is 0 Å². The minimum absolute atomic E-state index is 0.250. The van der Waals surface area contributed by atoms with Crippen molar-refractivity contribution in [2.24, 2.45) is 0 Å². The summed E-state index contributed by atoms with van der Waals surface area (Å²) in [5, 5.41) is 48.4. The first kappa shape index (κ1) is 59.3. The third-order valence-corrected chi connectivity index (χ3v) is 9.32. The third kappa shape index (κ3) is 22.6. The summed E-state index contributed by atoms with van der Waals surface area (Å²) >= 11 is 0. The van der Waals surface area contributed by atoms with Crippen LogP contribution in [0, 0.1) is 0 Å². The maximum atomic E-state index is 10.6. The van der Waals surface area contributed by atoms with Crippen molar-refractivity contribution in [2.75, 3.05) is 39.3 Å². The molecule has 0 radical (unpaired) electrons. The highest BCUT2D eigenvalue weighted by atomic mass is 19.5. The Morgan fingerprint density at radius 1 is 0.478 bits per heavy atom. The van der Waals surface area contributed by atoms with Crippen molar-refractivity contribution in [2.45, 2.75) is 82.7 Å². The molecule has 374 valence electrons. The Morgan fingerprint density at radius 3 is 1.01 bits per heavy atom. The molecule has 0 aromatic heterocycles. The van der Waals surface area contributed by atoms with Gasteiger partial charge in [0.1, 0.15) is 0 Å². The first-order chi connectivity index (χ1) is 31.3. The zero-order valence-corrected chi connectivity index (χ0v) is 35.5. The van der Waals surface area contributed by atoms with Crippen LogP contribution in [0.5, 0.6) is 0 Å². The summed E-state index contributed by atoms with van der Waals surface area (Å²) in [5.74, 6) is -5.51. The Labute approximate surface area is 375 Å². The molecule has 0 spiro atoms. The number of hydrogen-bond donors (Lipinski definition) is 8. The molecule has 0 atom stereocenters. The molecule has 67 heavy (non-hydrogen) atoms. The number of nitrogens with one attached hydrogen (secondary N) is 4. The SMILES string of the molecule is FC(F)(F)C(F)(F)F.O=C(O)C(F)(F)F.O=C(O)C(F)(F)F.O=CO.O=CO.c1cc2c3c(cc(CNCCCNCCCNCCCNCc4cc5c6c(cccc6c4)CC5)cc3c1)CC2. The molecule has 24 heteroatoms. The first-order valence-electron chi connectivity index (χ1n) is 20.1. The summed E-state index contributed by atoms with van der Waals surface area (Å²) < 4.78 is 126. The highest BCUT2D eigenvalue weighted by Gasteiger charge is 2.58. The van der Waals surface area contributed by atoms with Gasteiger partial charge < -0.3 is 41.7 Å². The molecule has 0 saturated carbocycles. The number of alkyl halides is 12. The fourth-order valence-electron chi connectivity index (χ4n) is 6.62. The molecule has 2 aliphatic rings. The van der Waals surface area contributed by atoms with E-state index in [4.69, 9.17) is 39.6 Å². The average Bonchev–Trinajstić information content (AvgIpc) is 3.85. The Morgan fingerprint density at radius 2 is 0.746 bits per heavy atom. The zero-order valence-electron chi connectivity index (χ0n) is 35.5. The number of hydrogen-bond acceptors (Lipinski definition) is 8. The molecular weight excluding hydrogens is 928 g/mol. The minimum Gasteiger partial charge on any atom is -0.483 e. The van der Waals surface area contributed by atoms with Crippen molar-refractivity contribution in [3.63, 3.8) is 0 Å². The molecule has 4 aromatic carbocycles. The van der Waals surface area contributed by atoms with Gasteiger partial charge in [-0.2, -0.15) is 52.7 Å². The van der Waals surface area contributed by atoms with Crippen LogP contribution in [0.3, 0.4) is 0 Å². The van der Waals surface area contributed by atoms with E-state index in [0.29, 0.717) is 0 Å². The average molecular weight is 979 g/mol. The van der Waals surface area contributed by atoms with Crippen molar-refractivity contribution < 1.29 is 92.3 Å². The fraction of sp³-hybridized carbons (Fsp3) is 0.442. The highest BCUT2D eigenvalue weighted by molar-refractivity contribution is 5.92. The largest absolute Gasteiger partial charge is 0.490 e. The van der Waals surface area contributed by atoms with Gasteiger partial charge in [-0.15, -0.1) is 0 Å². The number of carboxylic acid groups (broad SMARTS) is 4. The molecule has 8 N–H and O–H groups in total. The van der Waals surface area contributed by atoms with Gasteiger partial charge in [0.25, 0.3) is 12.9 Å². The van der Waals surface area contributed by atoms with E-state index in [9.17, 15) is 52.7 Å². The fourth-order valence-corrected chi connectivity index (χ4v) is 6.62. The Hall–Kier alpha value is -5.72. The van der Waals surface area contributed by atoms with Crippen molar-refractivity contribution in [1.29, 1.82) is 0 Å². The van der Waals surface area contributed by atoms with Gasteiger partial charge in [-0.1, -0.05) is 48.5 Å². The second-order valence-corrected chi connectivity index (χ2v) is 14.3. The molecule has 12 nitrogen and oxygen atoms in total. The van der Waals surface area contributed by atoms with Crippen LogP contribution < -0.4 is 21.3 Å². The monoisotopic (exact) mass is 978 g/mol. The molecule has 0 aliphatic heterocycles. The summed E-state index contributed by atoms with van der Waals surface area (Å²) in [7, 11) is 0. The lowest BCUT2D eigenvalue weighted by Gasteiger charge is -2.10. The Balaban J connectivity index is 0.000000654. The van der Waals surface area contributed by atoms with Crippen molar-refractivity contribution in [3.8, 4) is 0 Å². The molecular formula is C43H50F12N4O8. The van der Waals surface area contributed by atoms with Crippen LogP contribution in [0.1, 0.15) is 52.6 Å². The quantitative estimate of drug-likeness (QED) is 0.0305. The number of aliphatic carboxylic acids is 2. The van der Waals surface area contributed by atoms with Crippen LogP contribution in [0.15, 0.2) is 60.7 Å². The van der Waals surface area contributed by atoms with E-state index in [1.54, 1.807) is 11.1 Å². The van der Waals surface area contributed by atoms with Gasteiger partial charge >= 0.3 is 36.6 Å².